The Bertz CT molecular complexity index is 544. The van der Waals surface area contributed by atoms with Gasteiger partial charge in [-0.25, -0.2) is 0 Å². The van der Waals surface area contributed by atoms with Gasteiger partial charge in [-0.3, -0.25) is 4.68 Å². The predicted molar refractivity (Wildman–Crippen MR) is 77.3 cm³/mol. The number of hydrogen-bond donors (Lipinski definition) is 1. The van der Waals surface area contributed by atoms with E-state index in [0.717, 1.165) is 23.0 Å². The molecular formula is C13H18ClN3S. The van der Waals surface area contributed by atoms with Gasteiger partial charge in [-0.1, -0.05) is 11.6 Å². The zero-order valence-corrected chi connectivity index (χ0v) is 12.7. The van der Waals surface area contributed by atoms with Crippen LogP contribution in [0.1, 0.15) is 34.0 Å². The van der Waals surface area contributed by atoms with E-state index in [1.54, 1.807) is 4.68 Å². The number of thiophene rings is 1. The second kappa shape index (κ2) is 5.43. The molecule has 5 heteroatoms. The summed E-state index contributed by atoms with van der Waals surface area (Å²) >= 11 is 8.04. The molecule has 0 spiro atoms. The van der Waals surface area contributed by atoms with E-state index in [2.05, 4.69) is 36.4 Å². The summed E-state index contributed by atoms with van der Waals surface area (Å²) in [6.45, 7) is 7.04. The number of rotatable bonds is 4. The molecule has 0 aliphatic heterocycles. The Morgan fingerprint density at radius 1 is 1.44 bits per heavy atom. The maximum atomic E-state index is 6.21. The molecule has 1 atom stereocenters. The summed E-state index contributed by atoms with van der Waals surface area (Å²) < 4.78 is 1.72. The maximum absolute atomic E-state index is 6.21. The van der Waals surface area contributed by atoms with Crippen LogP contribution in [0, 0.1) is 13.8 Å². The second-order valence-corrected chi connectivity index (χ2v) is 6.21. The normalized spacial score (nSPS) is 12.9. The Hall–Kier alpha value is -0.840. The molecule has 2 rings (SSSR count). The summed E-state index contributed by atoms with van der Waals surface area (Å²) in [6.07, 6.45) is 0. The van der Waals surface area contributed by atoms with Crippen molar-refractivity contribution in [2.24, 2.45) is 7.05 Å². The monoisotopic (exact) mass is 283 g/mol. The van der Waals surface area contributed by atoms with Crippen molar-refractivity contribution in [1.29, 1.82) is 0 Å². The number of nitrogens with zero attached hydrogens (tertiary/aromatic N) is 2. The van der Waals surface area contributed by atoms with Crippen molar-refractivity contribution in [2.45, 2.75) is 33.4 Å². The van der Waals surface area contributed by atoms with Crippen LogP contribution in [0.3, 0.4) is 0 Å². The minimum Gasteiger partial charge on any atom is -0.305 e. The highest BCUT2D eigenvalue weighted by molar-refractivity contribution is 7.12. The molecule has 0 fully saturated rings. The first-order valence-corrected chi connectivity index (χ1v) is 7.16. The first-order valence-electron chi connectivity index (χ1n) is 5.96. The Balaban J connectivity index is 2.03. The lowest BCUT2D eigenvalue weighted by atomic mass is 10.2. The van der Waals surface area contributed by atoms with Crippen LogP contribution in [0.25, 0.3) is 0 Å². The first-order chi connectivity index (χ1) is 8.49. The molecule has 2 heterocycles. The molecule has 0 bridgehead atoms. The van der Waals surface area contributed by atoms with E-state index >= 15 is 0 Å². The highest BCUT2D eigenvalue weighted by Crippen LogP contribution is 2.24. The van der Waals surface area contributed by atoms with E-state index in [0.29, 0.717) is 6.04 Å². The minimum absolute atomic E-state index is 0.333. The van der Waals surface area contributed by atoms with Crippen molar-refractivity contribution in [2.75, 3.05) is 0 Å². The first kappa shape index (κ1) is 13.6. The Morgan fingerprint density at radius 3 is 2.67 bits per heavy atom. The topological polar surface area (TPSA) is 29.9 Å². The zero-order valence-electron chi connectivity index (χ0n) is 11.1. The van der Waals surface area contributed by atoms with Gasteiger partial charge >= 0.3 is 0 Å². The third-order valence-electron chi connectivity index (χ3n) is 3.04. The fraction of sp³-hybridized carbons (Fsp3) is 0.462. The van der Waals surface area contributed by atoms with Gasteiger partial charge in [0.25, 0.3) is 0 Å². The molecule has 0 aliphatic rings. The van der Waals surface area contributed by atoms with Gasteiger partial charge in [-0.2, -0.15) is 5.10 Å². The summed E-state index contributed by atoms with van der Waals surface area (Å²) in [4.78, 5) is 2.69. The molecule has 1 N–H and O–H groups in total. The molecule has 2 aromatic rings. The molecule has 0 radical (unpaired) electrons. The molecule has 98 valence electrons. The van der Waals surface area contributed by atoms with Crippen LogP contribution in [-0.2, 0) is 13.6 Å². The van der Waals surface area contributed by atoms with Crippen LogP contribution in [0.2, 0.25) is 5.15 Å². The maximum Gasteiger partial charge on any atom is 0.131 e. The lowest BCUT2D eigenvalue weighted by Crippen LogP contribution is -2.17. The Morgan fingerprint density at radius 2 is 2.17 bits per heavy atom. The number of halogens is 1. The predicted octanol–water partition coefficient (Wildman–Crippen LogP) is 3.60. The third-order valence-corrected chi connectivity index (χ3v) is 4.70. The highest BCUT2D eigenvalue weighted by atomic mass is 35.5. The van der Waals surface area contributed by atoms with Gasteiger partial charge < -0.3 is 5.32 Å². The molecule has 0 saturated heterocycles. The van der Waals surface area contributed by atoms with E-state index in [1.165, 1.54) is 9.75 Å². The van der Waals surface area contributed by atoms with E-state index in [4.69, 9.17) is 11.6 Å². The number of nitrogens with one attached hydrogen (secondary N) is 1. The molecule has 3 nitrogen and oxygen atoms in total. The average Bonchev–Trinajstić information content (AvgIpc) is 2.83. The minimum atomic E-state index is 0.333. The van der Waals surface area contributed by atoms with Crippen LogP contribution < -0.4 is 5.32 Å². The van der Waals surface area contributed by atoms with Crippen LogP contribution in [0.5, 0.6) is 0 Å². The third kappa shape index (κ3) is 2.76. The quantitative estimate of drug-likeness (QED) is 0.929. The van der Waals surface area contributed by atoms with Gasteiger partial charge in [0.1, 0.15) is 5.15 Å². The summed E-state index contributed by atoms with van der Waals surface area (Å²) in [5, 5.41) is 8.53. The van der Waals surface area contributed by atoms with Crippen LogP contribution in [-0.4, -0.2) is 9.78 Å². The lowest BCUT2D eigenvalue weighted by molar-refractivity contribution is 0.581. The summed E-state index contributed by atoms with van der Waals surface area (Å²) in [6, 6.07) is 4.66. The highest BCUT2D eigenvalue weighted by Gasteiger charge is 2.13. The van der Waals surface area contributed by atoms with Crippen molar-refractivity contribution in [3.05, 3.63) is 38.3 Å². The van der Waals surface area contributed by atoms with Gasteiger partial charge in [0.2, 0.25) is 0 Å². The van der Waals surface area contributed by atoms with Gasteiger partial charge in [-0.15, -0.1) is 11.3 Å². The molecule has 18 heavy (non-hydrogen) atoms. The van der Waals surface area contributed by atoms with Crippen molar-refractivity contribution >= 4 is 22.9 Å². The van der Waals surface area contributed by atoms with E-state index in [1.807, 2.05) is 25.3 Å². The smallest absolute Gasteiger partial charge is 0.131 e. The van der Waals surface area contributed by atoms with Crippen molar-refractivity contribution in [3.8, 4) is 0 Å². The summed E-state index contributed by atoms with van der Waals surface area (Å²) in [5.41, 5.74) is 2.07. The number of aromatic nitrogens is 2. The van der Waals surface area contributed by atoms with Crippen molar-refractivity contribution < 1.29 is 0 Å². The van der Waals surface area contributed by atoms with E-state index in [9.17, 15) is 0 Å². The van der Waals surface area contributed by atoms with Gasteiger partial charge in [-0.05, 0) is 32.9 Å². The van der Waals surface area contributed by atoms with Crippen molar-refractivity contribution in [3.63, 3.8) is 0 Å². The largest absolute Gasteiger partial charge is 0.305 e. The molecular weight excluding hydrogens is 266 g/mol. The van der Waals surface area contributed by atoms with Gasteiger partial charge in [0, 0.05) is 35.0 Å². The number of aryl methyl sites for hydroxylation is 3. The van der Waals surface area contributed by atoms with Crippen LogP contribution in [0.15, 0.2) is 12.1 Å². The molecule has 0 saturated carbocycles. The van der Waals surface area contributed by atoms with E-state index < -0.39 is 0 Å². The summed E-state index contributed by atoms with van der Waals surface area (Å²) in [7, 11) is 1.87. The molecule has 1 unspecified atom stereocenters. The lowest BCUT2D eigenvalue weighted by Gasteiger charge is -2.11. The molecule has 0 amide bonds. The van der Waals surface area contributed by atoms with Crippen LogP contribution in [0.4, 0.5) is 0 Å². The fourth-order valence-electron chi connectivity index (χ4n) is 1.92. The molecule has 0 aliphatic carbocycles. The van der Waals surface area contributed by atoms with E-state index in [-0.39, 0.29) is 0 Å². The SMILES string of the molecule is Cc1ccc(C(C)NCc2c(C)nn(C)c2Cl)s1. The molecule has 2 aromatic heterocycles. The summed E-state index contributed by atoms with van der Waals surface area (Å²) in [5.74, 6) is 0. The van der Waals surface area contributed by atoms with Gasteiger partial charge in [0.15, 0.2) is 0 Å². The molecule has 0 aromatic carbocycles. The van der Waals surface area contributed by atoms with Crippen LogP contribution >= 0.6 is 22.9 Å². The Kier molecular flexibility index (Phi) is 4.10. The Labute approximate surface area is 117 Å². The average molecular weight is 284 g/mol. The zero-order chi connectivity index (χ0) is 13.3. The fourth-order valence-corrected chi connectivity index (χ4v) is 3.06. The standard InChI is InChI=1S/C13H18ClN3S/c1-8-5-6-12(18-8)10(3)15-7-11-9(2)16-17(4)13(11)14/h5-6,10,15H,7H2,1-4H3. The number of hydrogen-bond acceptors (Lipinski definition) is 3. The van der Waals surface area contributed by atoms with Crippen molar-refractivity contribution in [1.82, 2.24) is 15.1 Å². The second-order valence-electron chi connectivity index (χ2n) is 4.53. The van der Waals surface area contributed by atoms with Gasteiger partial charge in [0.05, 0.1) is 5.69 Å².